The summed E-state index contributed by atoms with van der Waals surface area (Å²) in [4.78, 5) is 24.5. The van der Waals surface area contributed by atoms with Crippen molar-refractivity contribution in [2.45, 2.75) is 63.3 Å². The van der Waals surface area contributed by atoms with Gasteiger partial charge in [0.2, 0.25) is 10.0 Å². The van der Waals surface area contributed by atoms with Crippen molar-refractivity contribution < 1.29 is 18.1 Å². The molecule has 0 aliphatic rings. The molecular formula is C32H41N3O5S. The van der Waals surface area contributed by atoms with Crippen LogP contribution in [0.4, 0.5) is 11.4 Å². The molecule has 41 heavy (non-hydrogen) atoms. The molecule has 9 heteroatoms. The van der Waals surface area contributed by atoms with Gasteiger partial charge in [-0.25, -0.2) is 8.42 Å². The second-order valence-corrected chi connectivity index (χ2v) is 12.6. The molecule has 0 spiro atoms. The molecule has 3 rings (SSSR count). The predicted molar refractivity (Wildman–Crippen MR) is 164 cm³/mol. The Morgan fingerprint density at radius 1 is 0.902 bits per heavy atom. The highest BCUT2D eigenvalue weighted by molar-refractivity contribution is 7.89. The van der Waals surface area contributed by atoms with Crippen LogP contribution in [0.2, 0.25) is 0 Å². The van der Waals surface area contributed by atoms with Crippen molar-refractivity contribution in [1.29, 1.82) is 0 Å². The number of aldehydes is 1. The number of nitro benzene ring substituents is 1. The molecule has 0 fully saturated rings. The number of carbonyl (C=O) groups excluding carboxylic acids is 1. The molecule has 8 nitrogen and oxygen atoms in total. The molecule has 0 amide bonds. The molecule has 0 saturated carbocycles. The molecule has 0 N–H and O–H groups in total. The lowest BCUT2D eigenvalue weighted by Gasteiger charge is -2.25. The Morgan fingerprint density at radius 2 is 1.61 bits per heavy atom. The zero-order valence-electron chi connectivity index (χ0n) is 24.2. The first-order valence-electron chi connectivity index (χ1n) is 14.2. The lowest BCUT2D eigenvalue weighted by Crippen LogP contribution is -2.32. The Balaban J connectivity index is 1.94. The highest BCUT2D eigenvalue weighted by atomic mass is 32.2. The summed E-state index contributed by atoms with van der Waals surface area (Å²) < 4.78 is 30.1. The molecule has 0 radical (unpaired) electrons. The maximum atomic E-state index is 14.3. The van der Waals surface area contributed by atoms with Crippen LogP contribution in [0.1, 0.15) is 62.1 Å². The minimum atomic E-state index is -3.93. The number of carbonyl (C=O) groups is 1. The summed E-state index contributed by atoms with van der Waals surface area (Å²) in [6.07, 6.45) is 6.32. The minimum Gasteiger partial charge on any atom is -0.378 e. The highest BCUT2D eigenvalue weighted by Gasteiger charge is 2.28. The third-order valence-corrected chi connectivity index (χ3v) is 9.19. The first-order valence-corrected chi connectivity index (χ1v) is 15.6. The largest absolute Gasteiger partial charge is 0.378 e. The summed E-state index contributed by atoms with van der Waals surface area (Å²) in [6, 6.07) is 21.1. The van der Waals surface area contributed by atoms with E-state index in [2.05, 4.69) is 6.92 Å². The Hall–Kier alpha value is -3.56. The van der Waals surface area contributed by atoms with E-state index in [-0.39, 0.29) is 29.5 Å². The quantitative estimate of drug-likeness (QED) is 0.0771. The van der Waals surface area contributed by atoms with E-state index in [9.17, 15) is 23.3 Å². The number of nitro groups is 1. The number of anilines is 1. The number of unbranched alkanes of at least 4 members (excludes halogenated alkanes) is 2. The summed E-state index contributed by atoms with van der Waals surface area (Å²) in [5, 5.41) is 11.4. The van der Waals surface area contributed by atoms with E-state index in [0.717, 1.165) is 49.6 Å². The standard InChI is InChI=1S/C32H41N3O5S/c1-4-5-12-27(25-36)15-9-10-20-34(24-26-13-7-6-8-14-26)41(39,40)32-19-18-30(33(2)3)23-29(32)21-28-16-11-17-31(22-28)35(37)38/h6-8,11,13-14,16-19,22-23,25,27H,4-5,9-10,12,15,20-21,24H2,1-3H3. The number of sulfonamides is 1. The van der Waals surface area contributed by atoms with Gasteiger partial charge in [-0.05, 0) is 60.6 Å². The zero-order chi connectivity index (χ0) is 29.8. The fraction of sp³-hybridized carbons (Fsp3) is 0.406. The number of hydrogen-bond acceptors (Lipinski definition) is 6. The van der Waals surface area contributed by atoms with Gasteiger partial charge < -0.3 is 9.69 Å². The monoisotopic (exact) mass is 579 g/mol. The summed E-state index contributed by atoms with van der Waals surface area (Å²) in [6.45, 7) is 2.65. The molecule has 0 aromatic heterocycles. The Morgan fingerprint density at radius 3 is 2.27 bits per heavy atom. The summed E-state index contributed by atoms with van der Waals surface area (Å²) in [5.41, 5.74) is 2.93. The van der Waals surface area contributed by atoms with Crippen LogP contribution in [0.3, 0.4) is 0 Å². The molecule has 1 atom stereocenters. The van der Waals surface area contributed by atoms with E-state index in [1.54, 1.807) is 24.3 Å². The third kappa shape index (κ3) is 9.23. The lowest BCUT2D eigenvalue weighted by molar-refractivity contribution is -0.384. The van der Waals surface area contributed by atoms with Crippen LogP contribution in [0.5, 0.6) is 0 Å². The van der Waals surface area contributed by atoms with E-state index in [1.807, 2.05) is 55.4 Å². The molecule has 3 aromatic rings. The maximum absolute atomic E-state index is 14.3. The van der Waals surface area contributed by atoms with Crippen LogP contribution in [0.15, 0.2) is 77.7 Å². The molecule has 0 aliphatic carbocycles. The Bertz CT molecular complexity index is 1390. The van der Waals surface area contributed by atoms with E-state index in [1.165, 1.54) is 16.4 Å². The van der Waals surface area contributed by atoms with Gasteiger partial charge >= 0.3 is 0 Å². The van der Waals surface area contributed by atoms with Crippen LogP contribution in [-0.4, -0.2) is 44.6 Å². The van der Waals surface area contributed by atoms with Gasteiger partial charge in [-0.2, -0.15) is 4.31 Å². The van der Waals surface area contributed by atoms with E-state index >= 15 is 0 Å². The number of nitrogens with zero attached hydrogens (tertiary/aromatic N) is 3. The summed E-state index contributed by atoms with van der Waals surface area (Å²) in [5.74, 6) is 0.00856. The molecule has 0 aliphatic heterocycles. The van der Waals surface area contributed by atoms with Gasteiger partial charge in [0, 0.05) is 50.9 Å². The number of non-ortho nitro benzene ring substituents is 1. The summed E-state index contributed by atoms with van der Waals surface area (Å²) in [7, 11) is -0.159. The van der Waals surface area contributed by atoms with Crippen LogP contribution < -0.4 is 4.90 Å². The molecule has 0 heterocycles. The fourth-order valence-electron chi connectivity index (χ4n) is 4.89. The van der Waals surface area contributed by atoms with Crippen molar-refractivity contribution >= 4 is 27.7 Å². The van der Waals surface area contributed by atoms with Gasteiger partial charge in [-0.1, -0.05) is 68.7 Å². The van der Waals surface area contributed by atoms with Crippen molar-refractivity contribution in [1.82, 2.24) is 4.31 Å². The van der Waals surface area contributed by atoms with Gasteiger partial charge in [0.1, 0.15) is 6.29 Å². The minimum absolute atomic E-state index is 0.00856. The zero-order valence-corrected chi connectivity index (χ0v) is 25.1. The van der Waals surface area contributed by atoms with Crippen LogP contribution >= 0.6 is 0 Å². The van der Waals surface area contributed by atoms with Crippen molar-refractivity contribution in [2.75, 3.05) is 25.5 Å². The first-order chi connectivity index (χ1) is 19.6. The second kappa shape index (κ2) is 15.4. The average Bonchev–Trinajstić information content (AvgIpc) is 2.96. The van der Waals surface area contributed by atoms with Crippen LogP contribution in [0.25, 0.3) is 0 Å². The molecule has 3 aromatic carbocycles. The van der Waals surface area contributed by atoms with Crippen molar-refractivity contribution in [3.05, 3.63) is 99.6 Å². The maximum Gasteiger partial charge on any atom is 0.269 e. The normalized spacial score (nSPS) is 12.3. The van der Waals surface area contributed by atoms with Gasteiger partial charge in [-0.15, -0.1) is 0 Å². The Kier molecular flexibility index (Phi) is 12.0. The van der Waals surface area contributed by atoms with Crippen LogP contribution in [0, 0.1) is 16.0 Å². The van der Waals surface area contributed by atoms with Gasteiger partial charge in [-0.3, -0.25) is 10.1 Å². The fourth-order valence-corrected chi connectivity index (χ4v) is 6.55. The van der Waals surface area contributed by atoms with E-state index < -0.39 is 14.9 Å². The number of hydrogen-bond donors (Lipinski definition) is 0. The van der Waals surface area contributed by atoms with Gasteiger partial charge in [0.05, 0.1) is 9.82 Å². The molecule has 1 unspecified atom stereocenters. The number of benzene rings is 3. The van der Waals surface area contributed by atoms with E-state index in [4.69, 9.17) is 0 Å². The first kappa shape index (κ1) is 32.0. The SMILES string of the molecule is CCCCC(C=O)CCCCN(Cc1ccccc1)S(=O)(=O)c1ccc(N(C)C)cc1Cc1cccc([N+](=O)[O-])c1. The molecule has 0 saturated heterocycles. The smallest absolute Gasteiger partial charge is 0.269 e. The van der Waals surface area contributed by atoms with E-state index in [0.29, 0.717) is 24.1 Å². The second-order valence-electron chi connectivity index (χ2n) is 10.6. The van der Waals surface area contributed by atoms with Crippen molar-refractivity contribution in [2.24, 2.45) is 5.92 Å². The lowest BCUT2D eigenvalue weighted by atomic mass is 9.97. The molecule has 220 valence electrons. The Labute approximate surface area is 244 Å². The highest BCUT2D eigenvalue weighted by Crippen LogP contribution is 2.29. The number of rotatable bonds is 17. The van der Waals surface area contributed by atoms with Gasteiger partial charge in [0.15, 0.2) is 0 Å². The third-order valence-electron chi connectivity index (χ3n) is 7.25. The van der Waals surface area contributed by atoms with Crippen LogP contribution in [-0.2, 0) is 27.8 Å². The average molecular weight is 580 g/mol. The molecule has 0 bridgehead atoms. The van der Waals surface area contributed by atoms with Gasteiger partial charge in [0.25, 0.3) is 5.69 Å². The van der Waals surface area contributed by atoms with Crippen molar-refractivity contribution in [3.8, 4) is 0 Å². The summed E-state index contributed by atoms with van der Waals surface area (Å²) >= 11 is 0. The van der Waals surface area contributed by atoms with Crippen molar-refractivity contribution in [3.63, 3.8) is 0 Å². The topological polar surface area (TPSA) is 101 Å². The predicted octanol–water partition coefficient (Wildman–Crippen LogP) is 6.62. The molecular weight excluding hydrogens is 538 g/mol.